The molecule has 2 heterocycles. The summed E-state index contributed by atoms with van der Waals surface area (Å²) in [6.45, 7) is 2.03. The molecule has 118 valence electrons. The van der Waals surface area contributed by atoms with E-state index < -0.39 is 17.3 Å². The fourth-order valence-electron chi connectivity index (χ4n) is 3.16. The molecule has 0 spiro atoms. The highest BCUT2D eigenvalue weighted by atomic mass is 79.9. The highest BCUT2D eigenvalue weighted by Gasteiger charge is 2.53. The average molecular weight is 370 g/mol. The summed E-state index contributed by atoms with van der Waals surface area (Å²) in [6, 6.07) is 4.62. The van der Waals surface area contributed by atoms with Gasteiger partial charge >= 0.3 is 0 Å². The summed E-state index contributed by atoms with van der Waals surface area (Å²) in [5, 5.41) is 0. The number of benzene rings is 1. The van der Waals surface area contributed by atoms with Crippen molar-refractivity contribution in [1.29, 1.82) is 0 Å². The van der Waals surface area contributed by atoms with E-state index in [0.29, 0.717) is 12.0 Å². The number of halogens is 2. The van der Waals surface area contributed by atoms with E-state index in [1.54, 1.807) is 19.2 Å². The Hall–Kier alpha value is -1.47. The highest BCUT2D eigenvalue weighted by Crippen LogP contribution is 2.45. The second-order valence-corrected chi connectivity index (χ2v) is 6.74. The lowest BCUT2D eigenvalue weighted by molar-refractivity contribution is -0.144. The van der Waals surface area contributed by atoms with Crippen LogP contribution in [0.25, 0.3) is 0 Å². The minimum atomic E-state index is -1.10. The zero-order valence-electron chi connectivity index (χ0n) is 12.3. The Bertz CT molecular complexity index is 666. The smallest absolute Gasteiger partial charge is 0.235 e. The maximum atomic E-state index is 14.5. The van der Waals surface area contributed by atoms with Crippen molar-refractivity contribution in [2.24, 2.45) is 16.6 Å². The number of nitrogens with zero attached hydrogens (tertiary/aromatic N) is 2. The van der Waals surface area contributed by atoms with Crippen LogP contribution in [0.5, 0.6) is 0 Å². The molecule has 7 heteroatoms. The lowest BCUT2D eigenvalue weighted by Crippen LogP contribution is -2.59. The molecule has 1 fully saturated rings. The fourth-order valence-corrected chi connectivity index (χ4v) is 3.52. The van der Waals surface area contributed by atoms with Crippen molar-refractivity contribution >= 4 is 27.8 Å². The monoisotopic (exact) mass is 369 g/mol. The van der Waals surface area contributed by atoms with Gasteiger partial charge in [-0.15, -0.1) is 0 Å². The van der Waals surface area contributed by atoms with Crippen molar-refractivity contribution in [1.82, 2.24) is 4.90 Å². The molecule has 2 aliphatic rings. The molecule has 0 bridgehead atoms. The van der Waals surface area contributed by atoms with E-state index >= 15 is 0 Å². The SMILES string of the molecule is C[C@H]1C[C@H]2C(=O)N(C)C(N)=N[C@@]2(c2cc(Br)ccc2F)CO1. The van der Waals surface area contributed by atoms with Crippen LogP contribution in [0.3, 0.4) is 0 Å². The van der Waals surface area contributed by atoms with Gasteiger partial charge in [0.15, 0.2) is 5.96 Å². The number of fused-ring (bicyclic) bond motifs is 1. The molecule has 2 N–H and O–H groups in total. The summed E-state index contributed by atoms with van der Waals surface area (Å²) in [4.78, 5) is 18.5. The van der Waals surface area contributed by atoms with Gasteiger partial charge in [-0.3, -0.25) is 9.69 Å². The van der Waals surface area contributed by atoms with Gasteiger partial charge in [0.05, 0.1) is 18.6 Å². The van der Waals surface area contributed by atoms with Crippen LogP contribution in [0.2, 0.25) is 0 Å². The molecule has 0 saturated carbocycles. The number of carbonyl (C=O) groups is 1. The van der Waals surface area contributed by atoms with E-state index in [9.17, 15) is 9.18 Å². The van der Waals surface area contributed by atoms with E-state index in [0.717, 1.165) is 4.47 Å². The molecular formula is C15H17BrFN3O2. The van der Waals surface area contributed by atoms with Gasteiger partial charge in [0.2, 0.25) is 5.91 Å². The van der Waals surface area contributed by atoms with Crippen LogP contribution < -0.4 is 5.73 Å². The molecule has 0 aromatic heterocycles. The minimum absolute atomic E-state index is 0.0822. The molecular weight excluding hydrogens is 353 g/mol. The van der Waals surface area contributed by atoms with Crippen LogP contribution >= 0.6 is 15.9 Å². The van der Waals surface area contributed by atoms with Gasteiger partial charge in [0.1, 0.15) is 11.4 Å². The van der Waals surface area contributed by atoms with Crippen molar-refractivity contribution < 1.29 is 13.9 Å². The Labute approximate surface area is 136 Å². The molecule has 0 aliphatic carbocycles. The first-order chi connectivity index (χ1) is 10.3. The molecule has 3 rings (SSSR count). The molecule has 1 aromatic rings. The third-order valence-corrected chi connectivity index (χ3v) is 4.91. The summed E-state index contributed by atoms with van der Waals surface area (Å²) >= 11 is 3.35. The van der Waals surface area contributed by atoms with E-state index in [1.165, 1.54) is 11.0 Å². The zero-order chi connectivity index (χ0) is 16.1. The predicted molar refractivity (Wildman–Crippen MR) is 83.7 cm³/mol. The predicted octanol–water partition coefficient (Wildman–Crippen LogP) is 2.00. The number of ether oxygens (including phenoxy) is 1. The van der Waals surface area contributed by atoms with Gasteiger partial charge in [0, 0.05) is 17.1 Å². The Morgan fingerprint density at radius 2 is 2.27 bits per heavy atom. The van der Waals surface area contributed by atoms with Crippen molar-refractivity contribution in [2.45, 2.75) is 25.0 Å². The van der Waals surface area contributed by atoms with Crippen LogP contribution in [-0.2, 0) is 15.1 Å². The average Bonchev–Trinajstić information content (AvgIpc) is 2.49. The Morgan fingerprint density at radius 3 is 3.00 bits per heavy atom. The molecule has 0 radical (unpaired) electrons. The molecule has 22 heavy (non-hydrogen) atoms. The third-order valence-electron chi connectivity index (χ3n) is 4.41. The van der Waals surface area contributed by atoms with Crippen molar-refractivity contribution in [3.05, 3.63) is 34.1 Å². The van der Waals surface area contributed by atoms with Crippen molar-refractivity contribution in [2.75, 3.05) is 13.7 Å². The van der Waals surface area contributed by atoms with Crippen LogP contribution in [0.4, 0.5) is 4.39 Å². The number of carbonyl (C=O) groups excluding carboxylic acids is 1. The maximum Gasteiger partial charge on any atom is 0.235 e. The first-order valence-electron chi connectivity index (χ1n) is 7.05. The lowest BCUT2D eigenvalue weighted by Gasteiger charge is -2.46. The summed E-state index contributed by atoms with van der Waals surface area (Å²) in [7, 11) is 1.59. The van der Waals surface area contributed by atoms with Gasteiger partial charge in [-0.05, 0) is 31.5 Å². The number of hydrogen-bond acceptors (Lipinski definition) is 4. The maximum absolute atomic E-state index is 14.5. The van der Waals surface area contributed by atoms with Crippen LogP contribution in [0, 0.1) is 11.7 Å². The van der Waals surface area contributed by atoms with Crippen LogP contribution in [-0.4, -0.2) is 36.5 Å². The summed E-state index contributed by atoms with van der Waals surface area (Å²) in [6.07, 6.45) is 0.395. The summed E-state index contributed by atoms with van der Waals surface area (Å²) in [5.74, 6) is -0.974. The molecule has 0 unspecified atom stereocenters. The Morgan fingerprint density at radius 1 is 1.55 bits per heavy atom. The van der Waals surface area contributed by atoms with E-state index in [2.05, 4.69) is 20.9 Å². The first-order valence-corrected chi connectivity index (χ1v) is 7.84. The quantitative estimate of drug-likeness (QED) is 0.822. The number of amides is 1. The van der Waals surface area contributed by atoms with Gasteiger partial charge in [-0.1, -0.05) is 15.9 Å². The Kier molecular flexibility index (Phi) is 3.72. The van der Waals surface area contributed by atoms with Gasteiger partial charge in [0.25, 0.3) is 0 Å². The van der Waals surface area contributed by atoms with Gasteiger partial charge in [-0.25, -0.2) is 9.38 Å². The minimum Gasteiger partial charge on any atom is -0.376 e. The standard InChI is InChI=1S/C15H17BrFN3O2/c1-8-5-11-13(21)20(2)14(18)19-15(11,7-22-8)10-6-9(16)3-4-12(10)17/h3-4,6,8,11H,5,7H2,1-2H3,(H2,18,19)/t8-,11-,15+/m0/s1. The zero-order valence-corrected chi connectivity index (χ0v) is 13.9. The topological polar surface area (TPSA) is 67.9 Å². The molecule has 5 nitrogen and oxygen atoms in total. The fraction of sp³-hybridized carbons (Fsp3) is 0.467. The van der Waals surface area contributed by atoms with E-state index in [4.69, 9.17) is 10.5 Å². The second-order valence-electron chi connectivity index (χ2n) is 5.83. The summed E-state index contributed by atoms with van der Waals surface area (Å²) in [5.41, 5.74) is 5.12. The number of nitrogens with two attached hydrogens (primary N) is 1. The number of aliphatic imine (C=N–C) groups is 1. The number of hydrogen-bond donors (Lipinski definition) is 1. The molecule has 1 saturated heterocycles. The van der Waals surface area contributed by atoms with Crippen LogP contribution in [0.15, 0.2) is 27.7 Å². The molecule has 1 amide bonds. The van der Waals surface area contributed by atoms with E-state index in [-0.39, 0.29) is 24.6 Å². The lowest BCUT2D eigenvalue weighted by atomic mass is 9.73. The number of guanidine groups is 1. The molecule has 1 aromatic carbocycles. The molecule has 2 aliphatic heterocycles. The third kappa shape index (κ3) is 2.23. The van der Waals surface area contributed by atoms with Gasteiger partial charge < -0.3 is 10.5 Å². The van der Waals surface area contributed by atoms with Crippen LogP contribution in [0.1, 0.15) is 18.9 Å². The molecule has 3 atom stereocenters. The normalized spacial score (nSPS) is 31.7. The summed E-state index contributed by atoms with van der Waals surface area (Å²) < 4.78 is 20.9. The first kappa shape index (κ1) is 15.4. The van der Waals surface area contributed by atoms with Crippen molar-refractivity contribution in [3.63, 3.8) is 0 Å². The van der Waals surface area contributed by atoms with Gasteiger partial charge in [-0.2, -0.15) is 0 Å². The van der Waals surface area contributed by atoms with Crippen molar-refractivity contribution in [3.8, 4) is 0 Å². The Balaban J connectivity index is 2.22. The largest absolute Gasteiger partial charge is 0.376 e. The van der Waals surface area contributed by atoms with E-state index in [1.807, 2.05) is 6.92 Å². The number of rotatable bonds is 1. The second kappa shape index (κ2) is 5.31. The highest BCUT2D eigenvalue weighted by molar-refractivity contribution is 9.10.